The van der Waals surface area contributed by atoms with E-state index in [1.807, 2.05) is 24.0 Å². The zero-order chi connectivity index (χ0) is 13.7. The van der Waals surface area contributed by atoms with Crippen LogP contribution >= 0.6 is 23.5 Å². The van der Waals surface area contributed by atoms with Crippen molar-refractivity contribution in [2.45, 2.75) is 41.2 Å². The van der Waals surface area contributed by atoms with Crippen molar-refractivity contribution in [3.63, 3.8) is 0 Å². The van der Waals surface area contributed by atoms with Gasteiger partial charge >= 0.3 is 0 Å². The van der Waals surface area contributed by atoms with Gasteiger partial charge in [0.2, 0.25) is 0 Å². The van der Waals surface area contributed by atoms with Crippen molar-refractivity contribution in [2.24, 2.45) is 0 Å². The highest BCUT2D eigenvalue weighted by Crippen LogP contribution is 2.32. The van der Waals surface area contributed by atoms with Gasteiger partial charge in [0, 0.05) is 21.6 Å². The molecule has 0 aliphatic carbocycles. The maximum atomic E-state index is 4.52. The lowest BCUT2D eigenvalue weighted by Gasteiger charge is -2.17. The average Bonchev–Trinajstić information content (AvgIpc) is 2.37. The normalized spacial score (nSPS) is 11.5. The number of benzene rings is 1. The van der Waals surface area contributed by atoms with Crippen molar-refractivity contribution in [3.05, 3.63) is 54.2 Å². The third-order valence-electron chi connectivity index (χ3n) is 2.36. The Hall–Kier alpha value is -0.930. The Balaban J connectivity index is 1.92. The molecule has 0 aliphatic rings. The molecule has 1 aromatic carbocycles. The maximum Gasteiger partial charge on any atom is 0.0963 e. The van der Waals surface area contributed by atoms with Gasteiger partial charge in [-0.25, -0.2) is 4.98 Å². The first-order valence-corrected chi connectivity index (χ1v) is 8.15. The van der Waals surface area contributed by atoms with Crippen LogP contribution in [0, 0.1) is 0 Å². The van der Waals surface area contributed by atoms with E-state index in [2.05, 4.69) is 62.2 Å². The smallest absolute Gasteiger partial charge is 0.0963 e. The standard InChI is InChI=1S/C16H19NS2/c1-16(2,3)19-14-9-10-15(17-11-14)18-12-13-7-5-4-6-8-13/h4-11H,12H2,1-3H3. The summed E-state index contributed by atoms with van der Waals surface area (Å²) >= 11 is 3.63. The molecular weight excluding hydrogens is 270 g/mol. The molecule has 0 saturated heterocycles. The summed E-state index contributed by atoms with van der Waals surface area (Å²) in [5.41, 5.74) is 1.34. The number of aromatic nitrogens is 1. The number of pyridine rings is 1. The summed E-state index contributed by atoms with van der Waals surface area (Å²) in [6.07, 6.45) is 1.98. The summed E-state index contributed by atoms with van der Waals surface area (Å²) in [5, 5.41) is 1.09. The zero-order valence-corrected chi connectivity index (χ0v) is 13.2. The lowest BCUT2D eigenvalue weighted by molar-refractivity contribution is 0.802. The van der Waals surface area contributed by atoms with Crippen LogP contribution in [0.25, 0.3) is 0 Å². The predicted octanol–water partition coefficient (Wildman–Crippen LogP) is 5.26. The summed E-state index contributed by atoms with van der Waals surface area (Å²) < 4.78 is 0.236. The SMILES string of the molecule is CC(C)(C)Sc1ccc(SCc2ccccc2)nc1. The van der Waals surface area contributed by atoms with Gasteiger partial charge in [-0.1, -0.05) is 51.1 Å². The van der Waals surface area contributed by atoms with E-state index < -0.39 is 0 Å². The average molecular weight is 289 g/mol. The first kappa shape index (κ1) is 14.5. The molecule has 0 unspecified atom stereocenters. The summed E-state index contributed by atoms with van der Waals surface area (Å²) in [6.45, 7) is 6.65. The van der Waals surface area contributed by atoms with Crippen molar-refractivity contribution in [2.75, 3.05) is 0 Å². The molecule has 100 valence electrons. The molecule has 19 heavy (non-hydrogen) atoms. The van der Waals surface area contributed by atoms with Crippen molar-refractivity contribution >= 4 is 23.5 Å². The van der Waals surface area contributed by atoms with Gasteiger partial charge in [0.15, 0.2) is 0 Å². The second kappa shape index (κ2) is 6.49. The number of hydrogen-bond acceptors (Lipinski definition) is 3. The Morgan fingerprint density at radius 1 is 1.00 bits per heavy atom. The van der Waals surface area contributed by atoms with Crippen LogP contribution in [0.3, 0.4) is 0 Å². The molecule has 0 amide bonds. The van der Waals surface area contributed by atoms with E-state index in [0.29, 0.717) is 0 Å². The highest BCUT2D eigenvalue weighted by molar-refractivity contribution is 8.00. The minimum Gasteiger partial charge on any atom is -0.249 e. The first-order chi connectivity index (χ1) is 9.03. The molecular formula is C16H19NS2. The molecule has 1 nitrogen and oxygen atoms in total. The number of rotatable bonds is 4. The van der Waals surface area contributed by atoms with E-state index in [1.165, 1.54) is 10.5 Å². The van der Waals surface area contributed by atoms with Crippen LogP contribution in [0.15, 0.2) is 58.6 Å². The van der Waals surface area contributed by atoms with Gasteiger partial charge in [0.05, 0.1) is 5.03 Å². The van der Waals surface area contributed by atoms with Gasteiger partial charge in [-0.2, -0.15) is 0 Å². The van der Waals surface area contributed by atoms with Crippen LogP contribution in [-0.4, -0.2) is 9.73 Å². The van der Waals surface area contributed by atoms with E-state index in [9.17, 15) is 0 Å². The molecule has 0 N–H and O–H groups in total. The Kier molecular flexibility index (Phi) is 4.94. The number of hydrogen-bond donors (Lipinski definition) is 0. The summed E-state index contributed by atoms with van der Waals surface area (Å²) in [6, 6.07) is 14.8. The Labute approximate surface area is 124 Å². The summed E-state index contributed by atoms with van der Waals surface area (Å²) in [5.74, 6) is 0.972. The van der Waals surface area contributed by atoms with Crippen molar-refractivity contribution in [3.8, 4) is 0 Å². The lowest BCUT2D eigenvalue weighted by atomic mass is 10.2. The van der Waals surface area contributed by atoms with Crippen LogP contribution in [0.2, 0.25) is 0 Å². The van der Waals surface area contributed by atoms with Gasteiger partial charge in [-0.3, -0.25) is 0 Å². The van der Waals surface area contributed by atoms with Gasteiger partial charge in [0.1, 0.15) is 0 Å². The molecule has 0 fully saturated rings. The third kappa shape index (κ3) is 5.29. The fraction of sp³-hybridized carbons (Fsp3) is 0.312. The van der Waals surface area contributed by atoms with Gasteiger partial charge < -0.3 is 0 Å². The van der Waals surface area contributed by atoms with E-state index in [0.717, 1.165) is 10.8 Å². The highest BCUT2D eigenvalue weighted by atomic mass is 32.2. The largest absolute Gasteiger partial charge is 0.249 e. The Morgan fingerprint density at radius 3 is 2.32 bits per heavy atom. The number of thioether (sulfide) groups is 2. The molecule has 3 heteroatoms. The van der Waals surface area contributed by atoms with Gasteiger partial charge in [-0.15, -0.1) is 23.5 Å². The predicted molar refractivity (Wildman–Crippen MR) is 85.9 cm³/mol. The molecule has 1 heterocycles. The third-order valence-corrected chi connectivity index (χ3v) is 4.47. The second-order valence-electron chi connectivity index (χ2n) is 5.32. The molecule has 1 aromatic heterocycles. The van der Waals surface area contributed by atoms with E-state index >= 15 is 0 Å². The first-order valence-electron chi connectivity index (χ1n) is 6.35. The molecule has 0 radical (unpaired) electrons. The zero-order valence-electron chi connectivity index (χ0n) is 11.6. The van der Waals surface area contributed by atoms with E-state index in [4.69, 9.17) is 0 Å². The summed E-state index contributed by atoms with van der Waals surface area (Å²) in [4.78, 5) is 5.75. The molecule has 0 saturated carbocycles. The minimum absolute atomic E-state index is 0.236. The van der Waals surface area contributed by atoms with Crippen LogP contribution in [-0.2, 0) is 5.75 Å². The lowest BCUT2D eigenvalue weighted by Crippen LogP contribution is -2.06. The van der Waals surface area contributed by atoms with E-state index in [-0.39, 0.29) is 4.75 Å². The molecule has 0 spiro atoms. The minimum atomic E-state index is 0.236. The van der Waals surface area contributed by atoms with Crippen LogP contribution in [0.4, 0.5) is 0 Å². The highest BCUT2D eigenvalue weighted by Gasteiger charge is 2.12. The monoisotopic (exact) mass is 289 g/mol. The second-order valence-corrected chi connectivity index (χ2v) is 8.22. The summed E-state index contributed by atoms with van der Waals surface area (Å²) in [7, 11) is 0. The van der Waals surface area contributed by atoms with Crippen molar-refractivity contribution < 1.29 is 0 Å². The fourth-order valence-electron chi connectivity index (χ4n) is 1.60. The van der Waals surface area contributed by atoms with Gasteiger partial charge in [-0.05, 0) is 17.7 Å². The fourth-order valence-corrected chi connectivity index (χ4v) is 3.34. The van der Waals surface area contributed by atoms with Gasteiger partial charge in [0.25, 0.3) is 0 Å². The van der Waals surface area contributed by atoms with Crippen molar-refractivity contribution in [1.29, 1.82) is 0 Å². The maximum absolute atomic E-state index is 4.52. The quantitative estimate of drug-likeness (QED) is 0.712. The van der Waals surface area contributed by atoms with Crippen molar-refractivity contribution in [1.82, 2.24) is 4.98 Å². The molecule has 0 aliphatic heterocycles. The Bertz CT molecular complexity index is 501. The molecule has 0 bridgehead atoms. The number of nitrogens with zero attached hydrogens (tertiary/aromatic N) is 1. The van der Waals surface area contributed by atoms with Crippen LogP contribution in [0.5, 0.6) is 0 Å². The molecule has 2 aromatic rings. The molecule has 2 rings (SSSR count). The topological polar surface area (TPSA) is 12.9 Å². The van der Waals surface area contributed by atoms with E-state index in [1.54, 1.807) is 11.8 Å². The van der Waals surface area contributed by atoms with Crippen LogP contribution in [0.1, 0.15) is 26.3 Å². The molecule has 0 atom stereocenters. The van der Waals surface area contributed by atoms with Crippen LogP contribution < -0.4 is 0 Å². The Morgan fingerprint density at radius 2 is 1.74 bits per heavy atom.